The topological polar surface area (TPSA) is 62.2 Å². The summed E-state index contributed by atoms with van der Waals surface area (Å²) in [5.74, 6) is 0.106. The number of nitrogens with one attached hydrogen (secondary N) is 1. The molecule has 16 heavy (non-hydrogen) atoms. The molecule has 1 atom stereocenters. The monoisotopic (exact) mass is 240 g/mol. The van der Waals surface area contributed by atoms with Gasteiger partial charge in [-0.3, -0.25) is 4.98 Å². The van der Waals surface area contributed by atoms with Crippen LogP contribution in [-0.2, 0) is 0 Å². The molecule has 1 rings (SSSR count). The normalized spacial score (nSPS) is 12.1. The van der Waals surface area contributed by atoms with Gasteiger partial charge >= 0.3 is 5.97 Å². The van der Waals surface area contributed by atoms with E-state index in [1.54, 1.807) is 24.0 Å². The molecule has 1 aromatic rings. The van der Waals surface area contributed by atoms with Crippen molar-refractivity contribution in [3.63, 3.8) is 0 Å². The first-order valence-corrected chi connectivity index (χ1v) is 6.47. The van der Waals surface area contributed by atoms with Gasteiger partial charge in [-0.2, -0.15) is 11.8 Å². The molecule has 88 valence electrons. The zero-order valence-corrected chi connectivity index (χ0v) is 10.3. The summed E-state index contributed by atoms with van der Waals surface area (Å²) < 4.78 is 0. The Labute approximate surface area is 99.5 Å². The van der Waals surface area contributed by atoms with Crippen LogP contribution in [0.15, 0.2) is 18.5 Å². The third-order valence-electron chi connectivity index (χ3n) is 2.21. The van der Waals surface area contributed by atoms with Crippen molar-refractivity contribution in [3.05, 3.63) is 24.0 Å². The third-order valence-corrected chi connectivity index (χ3v) is 2.85. The summed E-state index contributed by atoms with van der Waals surface area (Å²) in [6.07, 6.45) is 6.02. The Balaban J connectivity index is 2.69. The molecule has 1 aromatic heterocycles. The average Bonchev–Trinajstić information content (AvgIpc) is 2.27. The number of carboxylic acid groups (broad SMARTS) is 1. The van der Waals surface area contributed by atoms with Gasteiger partial charge in [-0.05, 0) is 31.4 Å². The van der Waals surface area contributed by atoms with Crippen LogP contribution in [0.1, 0.15) is 23.7 Å². The van der Waals surface area contributed by atoms with Crippen LogP contribution in [0.2, 0.25) is 0 Å². The molecule has 4 nitrogen and oxygen atoms in total. The van der Waals surface area contributed by atoms with Gasteiger partial charge in [0.2, 0.25) is 0 Å². The number of hydrogen-bond donors (Lipinski definition) is 2. The van der Waals surface area contributed by atoms with Gasteiger partial charge < -0.3 is 10.4 Å². The van der Waals surface area contributed by atoms with Crippen molar-refractivity contribution in [2.75, 3.05) is 17.3 Å². The van der Waals surface area contributed by atoms with Crippen molar-refractivity contribution in [3.8, 4) is 0 Å². The quantitative estimate of drug-likeness (QED) is 0.799. The van der Waals surface area contributed by atoms with Gasteiger partial charge in [0.25, 0.3) is 0 Å². The second-order valence-corrected chi connectivity index (χ2v) is 4.54. The van der Waals surface area contributed by atoms with Crippen LogP contribution in [0.3, 0.4) is 0 Å². The van der Waals surface area contributed by atoms with E-state index in [1.165, 1.54) is 6.20 Å². The van der Waals surface area contributed by atoms with Crippen molar-refractivity contribution in [2.24, 2.45) is 0 Å². The molecule has 0 aliphatic heterocycles. The van der Waals surface area contributed by atoms with Crippen LogP contribution in [0.4, 0.5) is 5.69 Å². The Kier molecular flexibility index (Phi) is 5.11. The van der Waals surface area contributed by atoms with Gasteiger partial charge in [-0.15, -0.1) is 0 Å². The molecule has 0 aliphatic rings. The Hall–Kier alpha value is -1.23. The van der Waals surface area contributed by atoms with E-state index in [1.807, 2.05) is 6.92 Å². The van der Waals surface area contributed by atoms with Gasteiger partial charge in [0.05, 0.1) is 5.69 Å². The minimum atomic E-state index is -0.951. The Morgan fingerprint density at radius 2 is 2.44 bits per heavy atom. The van der Waals surface area contributed by atoms with Gasteiger partial charge in [0, 0.05) is 18.4 Å². The molecule has 0 bridgehead atoms. The first-order chi connectivity index (χ1) is 7.65. The lowest BCUT2D eigenvalue weighted by Crippen LogP contribution is -2.18. The van der Waals surface area contributed by atoms with E-state index in [0.717, 1.165) is 12.2 Å². The van der Waals surface area contributed by atoms with Crippen LogP contribution < -0.4 is 5.32 Å². The molecular weight excluding hydrogens is 224 g/mol. The summed E-state index contributed by atoms with van der Waals surface area (Å²) in [6.45, 7) is 2.04. The van der Waals surface area contributed by atoms with E-state index in [4.69, 9.17) is 5.11 Å². The van der Waals surface area contributed by atoms with Gasteiger partial charge in [0.1, 0.15) is 5.56 Å². The number of anilines is 1. The average molecular weight is 240 g/mol. The lowest BCUT2D eigenvalue weighted by atomic mass is 10.2. The highest BCUT2D eigenvalue weighted by Crippen LogP contribution is 2.16. The first kappa shape index (κ1) is 12.8. The van der Waals surface area contributed by atoms with Crippen molar-refractivity contribution in [1.82, 2.24) is 4.98 Å². The predicted octanol–water partition coefficient (Wildman–Crippen LogP) is 2.33. The molecule has 0 aliphatic carbocycles. The van der Waals surface area contributed by atoms with Crippen LogP contribution in [0, 0.1) is 0 Å². The lowest BCUT2D eigenvalue weighted by Gasteiger charge is -2.15. The van der Waals surface area contributed by atoms with Gasteiger partial charge in [0.15, 0.2) is 0 Å². The summed E-state index contributed by atoms with van der Waals surface area (Å²) >= 11 is 1.78. The Morgan fingerprint density at radius 1 is 1.69 bits per heavy atom. The molecule has 0 amide bonds. The Bertz CT molecular complexity index is 358. The molecule has 1 unspecified atom stereocenters. The fourth-order valence-corrected chi connectivity index (χ4v) is 1.91. The number of carboxylic acids is 1. The fourth-order valence-electron chi connectivity index (χ4n) is 1.32. The number of aromatic nitrogens is 1. The van der Waals surface area contributed by atoms with E-state index < -0.39 is 5.97 Å². The smallest absolute Gasteiger partial charge is 0.339 e. The molecule has 0 saturated heterocycles. The van der Waals surface area contributed by atoms with E-state index >= 15 is 0 Å². The molecule has 0 fully saturated rings. The summed E-state index contributed by atoms with van der Waals surface area (Å²) in [6, 6.07) is 1.95. The number of nitrogens with zero attached hydrogens (tertiary/aromatic N) is 1. The maximum atomic E-state index is 10.9. The predicted molar refractivity (Wildman–Crippen MR) is 67.3 cm³/mol. The van der Waals surface area contributed by atoms with Crippen LogP contribution in [0.25, 0.3) is 0 Å². The molecule has 5 heteroatoms. The van der Waals surface area contributed by atoms with Crippen molar-refractivity contribution in [1.29, 1.82) is 0 Å². The lowest BCUT2D eigenvalue weighted by molar-refractivity contribution is 0.0697. The standard InChI is InChI=1S/C11H16N2O2S/c1-8(4-6-16-2)13-10-3-5-12-7-9(10)11(14)15/h3,5,7-8H,4,6H2,1-2H3,(H,12,13)(H,14,15). The van der Waals surface area contributed by atoms with Gasteiger partial charge in [-0.1, -0.05) is 0 Å². The maximum Gasteiger partial charge on any atom is 0.339 e. The second kappa shape index (κ2) is 6.37. The Morgan fingerprint density at radius 3 is 3.06 bits per heavy atom. The van der Waals surface area contributed by atoms with E-state index in [2.05, 4.69) is 16.6 Å². The SMILES string of the molecule is CSCCC(C)Nc1ccncc1C(=O)O. The zero-order chi connectivity index (χ0) is 12.0. The number of aromatic carboxylic acids is 1. The van der Waals surface area contributed by atoms with Crippen LogP contribution >= 0.6 is 11.8 Å². The number of rotatable bonds is 6. The molecule has 1 heterocycles. The van der Waals surface area contributed by atoms with Crippen LogP contribution in [0.5, 0.6) is 0 Å². The molecule has 2 N–H and O–H groups in total. The largest absolute Gasteiger partial charge is 0.478 e. The summed E-state index contributed by atoms with van der Waals surface area (Å²) in [7, 11) is 0. The number of pyridine rings is 1. The molecule has 0 spiro atoms. The molecule has 0 saturated carbocycles. The van der Waals surface area contributed by atoms with E-state index in [0.29, 0.717) is 5.69 Å². The van der Waals surface area contributed by atoms with Crippen molar-refractivity contribution in [2.45, 2.75) is 19.4 Å². The summed E-state index contributed by atoms with van der Waals surface area (Å²) in [5.41, 5.74) is 0.856. The zero-order valence-electron chi connectivity index (χ0n) is 9.43. The van der Waals surface area contributed by atoms with Crippen molar-refractivity contribution < 1.29 is 9.90 Å². The minimum Gasteiger partial charge on any atom is -0.478 e. The number of carbonyl (C=O) groups is 1. The third kappa shape index (κ3) is 3.73. The minimum absolute atomic E-state index is 0.221. The maximum absolute atomic E-state index is 10.9. The van der Waals surface area contributed by atoms with E-state index in [-0.39, 0.29) is 11.6 Å². The van der Waals surface area contributed by atoms with E-state index in [9.17, 15) is 4.79 Å². The number of hydrogen-bond acceptors (Lipinski definition) is 4. The fraction of sp³-hybridized carbons (Fsp3) is 0.455. The first-order valence-electron chi connectivity index (χ1n) is 5.08. The van der Waals surface area contributed by atoms with Crippen LogP contribution in [-0.4, -0.2) is 34.1 Å². The highest BCUT2D eigenvalue weighted by Gasteiger charge is 2.11. The van der Waals surface area contributed by atoms with Crippen molar-refractivity contribution >= 4 is 23.4 Å². The highest BCUT2D eigenvalue weighted by atomic mass is 32.2. The number of thioether (sulfide) groups is 1. The highest BCUT2D eigenvalue weighted by molar-refractivity contribution is 7.98. The second-order valence-electron chi connectivity index (χ2n) is 3.55. The summed E-state index contributed by atoms with van der Waals surface area (Å²) in [4.78, 5) is 14.7. The molecule has 0 radical (unpaired) electrons. The van der Waals surface area contributed by atoms with Gasteiger partial charge in [-0.25, -0.2) is 4.79 Å². The summed E-state index contributed by atoms with van der Waals surface area (Å²) in [5, 5.41) is 12.2. The molecular formula is C11H16N2O2S. The molecule has 0 aromatic carbocycles.